The van der Waals surface area contributed by atoms with Crippen LogP contribution in [0.5, 0.6) is 0 Å². The molecule has 1 amide bonds. The van der Waals surface area contributed by atoms with E-state index in [-0.39, 0.29) is 41.3 Å². The van der Waals surface area contributed by atoms with Gasteiger partial charge in [0, 0.05) is 26.4 Å². The summed E-state index contributed by atoms with van der Waals surface area (Å²) in [6.07, 6.45) is 14.3. The summed E-state index contributed by atoms with van der Waals surface area (Å²) < 4.78 is 17.9. The number of rotatable bonds is 9. The summed E-state index contributed by atoms with van der Waals surface area (Å²) in [5.41, 5.74) is 0.984. The average molecular weight is 560 g/mol. The molecule has 6 heteroatoms. The second-order valence-electron chi connectivity index (χ2n) is 13.6. The topological polar surface area (TPSA) is 68.4 Å². The summed E-state index contributed by atoms with van der Waals surface area (Å²) in [7, 11) is 3.39. The van der Waals surface area contributed by atoms with Crippen molar-refractivity contribution < 1.29 is 23.8 Å². The molecule has 0 radical (unpaired) electrons. The minimum absolute atomic E-state index is 0.00479. The fourth-order valence-electron chi connectivity index (χ4n) is 5.48. The SMILES string of the molecule is CCC(C)C(C)C1OC1CC(C)(C)/C=C/C=C(\C)C1OC(=O)CC(C)CCC(C)C(OC(=O)N(C)C)/C=C/C1C. The van der Waals surface area contributed by atoms with Gasteiger partial charge in [0.2, 0.25) is 0 Å². The lowest BCUT2D eigenvalue weighted by molar-refractivity contribution is -0.149. The molecule has 40 heavy (non-hydrogen) atoms. The zero-order chi connectivity index (χ0) is 30.2. The van der Waals surface area contributed by atoms with Crippen LogP contribution in [0.15, 0.2) is 36.0 Å². The molecule has 2 heterocycles. The Labute approximate surface area is 244 Å². The fraction of sp³-hybridized carbons (Fsp3) is 0.765. The van der Waals surface area contributed by atoms with E-state index in [0.717, 1.165) is 24.8 Å². The van der Waals surface area contributed by atoms with Crippen LogP contribution in [-0.2, 0) is 19.0 Å². The van der Waals surface area contributed by atoms with Crippen molar-refractivity contribution in [2.75, 3.05) is 14.1 Å². The molecule has 0 aromatic rings. The number of carbonyl (C=O) groups is 2. The molecule has 1 fully saturated rings. The highest BCUT2D eigenvalue weighted by Crippen LogP contribution is 2.41. The van der Waals surface area contributed by atoms with Crippen LogP contribution >= 0.6 is 0 Å². The molecule has 0 aromatic heterocycles. The molecule has 9 atom stereocenters. The summed E-state index contributed by atoms with van der Waals surface area (Å²) in [5, 5.41) is 0. The van der Waals surface area contributed by atoms with Crippen molar-refractivity contribution in [3.8, 4) is 0 Å². The molecule has 2 aliphatic rings. The lowest BCUT2D eigenvalue weighted by Crippen LogP contribution is -2.32. The van der Waals surface area contributed by atoms with Gasteiger partial charge < -0.3 is 19.1 Å². The van der Waals surface area contributed by atoms with Crippen molar-refractivity contribution >= 4 is 12.1 Å². The third kappa shape index (κ3) is 10.7. The van der Waals surface area contributed by atoms with Gasteiger partial charge in [-0.25, -0.2) is 4.79 Å². The summed E-state index contributed by atoms with van der Waals surface area (Å²) in [4.78, 5) is 26.7. The average Bonchev–Trinajstić information content (AvgIpc) is 3.63. The Morgan fingerprint density at radius 2 is 1.85 bits per heavy atom. The number of epoxide rings is 1. The number of esters is 1. The maximum atomic E-state index is 12.9. The first kappa shape index (κ1) is 34.1. The maximum absolute atomic E-state index is 12.9. The van der Waals surface area contributed by atoms with Crippen LogP contribution in [-0.4, -0.2) is 55.5 Å². The lowest BCUT2D eigenvalue weighted by Gasteiger charge is -2.28. The number of cyclic esters (lactones) is 1. The maximum Gasteiger partial charge on any atom is 0.409 e. The summed E-state index contributed by atoms with van der Waals surface area (Å²) >= 11 is 0. The van der Waals surface area contributed by atoms with Crippen molar-refractivity contribution in [3.05, 3.63) is 36.0 Å². The molecular formula is C34H57NO5. The molecule has 6 nitrogen and oxygen atoms in total. The van der Waals surface area contributed by atoms with Gasteiger partial charge >= 0.3 is 12.1 Å². The van der Waals surface area contributed by atoms with E-state index in [1.54, 1.807) is 14.1 Å². The predicted octanol–water partition coefficient (Wildman–Crippen LogP) is 7.98. The third-order valence-corrected chi connectivity index (χ3v) is 8.90. The van der Waals surface area contributed by atoms with E-state index in [0.29, 0.717) is 30.5 Å². The summed E-state index contributed by atoms with van der Waals surface area (Å²) in [6.45, 7) is 19.6. The Kier molecular flexibility index (Phi) is 13.0. The number of hydrogen-bond acceptors (Lipinski definition) is 5. The van der Waals surface area contributed by atoms with Gasteiger partial charge in [-0.3, -0.25) is 4.79 Å². The molecule has 0 bridgehead atoms. The number of nitrogens with zero attached hydrogens (tertiary/aromatic N) is 1. The van der Waals surface area contributed by atoms with E-state index in [9.17, 15) is 9.59 Å². The van der Waals surface area contributed by atoms with Crippen LogP contribution in [0.4, 0.5) is 4.79 Å². The number of carbonyl (C=O) groups excluding carboxylic acids is 2. The van der Waals surface area contributed by atoms with E-state index < -0.39 is 6.10 Å². The summed E-state index contributed by atoms with van der Waals surface area (Å²) in [5.74, 6) is 1.36. The van der Waals surface area contributed by atoms with Gasteiger partial charge in [0.1, 0.15) is 12.2 Å². The predicted molar refractivity (Wildman–Crippen MR) is 163 cm³/mol. The lowest BCUT2D eigenvalue weighted by atomic mass is 9.83. The van der Waals surface area contributed by atoms with E-state index in [1.165, 1.54) is 11.3 Å². The number of amides is 1. The third-order valence-electron chi connectivity index (χ3n) is 8.90. The van der Waals surface area contributed by atoms with Crippen molar-refractivity contribution in [3.63, 3.8) is 0 Å². The molecule has 0 saturated carbocycles. The first-order valence-corrected chi connectivity index (χ1v) is 15.4. The van der Waals surface area contributed by atoms with E-state index >= 15 is 0 Å². The molecule has 228 valence electrons. The molecule has 2 rings (SSSR count). The van der Waals surface area contributed by atoms with Gasteiger partial charge in [-0.05, 0) is 66.9 Å². The molecule has 0 N–H and O–H groups in total. The van der Waals surface area contributed by atoms with Crippen LogP contribution in [0.2, 0.25) is 0 Å². The Hall–Kier alpha value is -2.08. The quantitative estimate of drug-likeness (QED) is 0.124. The highest BCUT2D eigenvalue weighted by Gasteiger charge is 2.46. The first-order valence-electron chi connectivity index (χ1n) is 15.4. The normalized spacial score (nSPS) is 32.8. The molecule has 2 aliphatic heterocycles. The van der Waals surface area contributed by atoms with Gasteiger partial charge in [-0.2, -0.15) is 0 Å². The van der Waals surface area contributed by atoms with E-state index in [1.807, 2.05) is 26.0 Å². The van der Waals surface area contributed by atoms with Crippen molar-refractivity contribution in [2.45, 2.75) is 119 Å². The highest BCUT2D eigenvalue weighted by molar-refractivity contribution is 5.70. The molecule has 0 spiro atoms. The van der Waals surface area contributed by atoms with Crippen molar-refractivity contribution in [2.24, 2.45) is 35.0 Å². The number of hydrogen-bond donors (Lipinski definition) is 0. The molecular weight excluding hydrogens is 502 g/mol. The van der Waals surface area contributed by atoms with Gasteiger partial charge in [0.05, 0.1) is 12.2 Å². The monoisotopic (exact) mass is 559 g/mol. The second-order valence-corrected chi connectivity index (χ2v) is 13.6. The first-order chi connectivity index (χ1) is 18.6. The zero-order valence-electron chi connectivity index (χ0n) is 27.1. The van der Waals surface area contributed by atoms with Crippen LogP contribution in [0.3, 0.4) is 0 Å². The Bertz CT molecular complexity index is 919. The zero-order valence-corrected chi connectivity index (χ0v) is 27.1. The van der Waals surface area contributed by atoms with E-state index in [2.05, 4.69) is 66.7 Å². The van der Waals surface area contributed by atoms with Gasteiger partial charge in [0.15, 0.2) is 0 Å². The van der Waals surface area contributed by atoms with Gasteiger partial charge in [0.25, 0.3) is 0 Å². The van der Waals surface area contributed by atoms with Gasteiger partial charge in [-0.15, -0.1) is 0 Å². The smallest absolute Gasteiger partial charge is 0.409 e. The summed E-state index contributed by atoms with van der Waals surface area (Å²) in [6, 6.07) is 0. The van der Waals surface area contributed by atoms with Crippen LogP contribution in [0.1, 0.15) is 94.4 Å². The molecule has 9 unspecified atom stereocenters. The van der Waals surface area contributed by atoms with Crippen LogP contribution < -0.4 is 0 Å². The number of ether oxygens (including phenoxy) is 3. The Balaban J connectivity index is 2.16. The molecule has 0 aromatic carbocycles. The van der Waals surface area contributed by atoms with Gasteiger partial charge in [-0.1, -0.05) is 86.1 Å². The van der Waals surface area contributed by atoms with Crippen molar-refractivity contribution in [1.82, 2.24) is 4.90 Å². The molecule has 0 aliphatic carbocycles. The van der Waals surface area contributed by atoms with Crippen molar-refractivity contribution in [1.29, 1.82) is 0 Å². The number of allylic oxidation sites excluding steroid dienone is 3. The Morgan fingerprint density at radius 3 is 2.48 bits per heavy atom. The highest BCUT2D eigenvalue weighted by atomic mass is 16.6. The molecule has 1 saturated heterocycles. The van der Waals surface area contributed by atoms with Crippen LogP contribution in [0.25, 0.3) is 0 Å². The van der Waals surface area contributed by atoms with E-state index in [4.69, 9.17) is 14.2 Å². The largest absolute Gasteiger partial charge is 0.457 e. The van der Waals surface area contributed by atoms with Crippen LogP contribution in [0, 0.1) is 35.0 Å². The minimum Gasteiger partial charge on any atom is -0.457 e. The second kappa shape index (κ2) is 15.2. The fourth-order valence-corrected chi connectivity index (χ4v) is 5.48. The Morgan fingerprint density at radius 1 is 1.18 bits per heavy atom. The standard InChI is InChI=1S/C34H57NO5/c1-12-23(3)27(7)32-29(38-32)21-34(8,9)19-13-14-25(5)31-26(6)17-18-28(39-33(37)35(10)11)24(4)16-15-22(2)20-30(36)40-31/h13-14,17-19,22-24,26-29,31-32H,12,15-16,20-21H2,1-11H3/b18-17+,19-13+,25-14+. The minimum atomic E-state index is -0.392.